The van der Waals surface area contributed by atoms with Crippen LogP contribution in [0.25, 0.3) is 46.1 Å². The fraction of sp³-hybridized carbons (Fsp3) is 0.382. The van der Waals surface area contributed by atoms with Gasteiger partial charge in [0.15, 0.2) is 11.6 Å². The normalized spacial score (nSPS) is 22.0. The van der Waals surface area contributed by atoms with Crippen molar-refractivity contribution in [2.24, 2.45) is 0 Å². The third kappa shape index (κ3) is 15.5. The van der Waals surface area contributed by atoms with Gasteiger partial charge < -0.3 is 69.0 Å². The van der Waals surface area contributed by atoms with E-state index in [0.717, 1.165) is 6.54 Å². The van der Waals surface area contributed by atoms with Crippen LogP contribution in [0.3, 0.4) is 0 Å². The Morgan fingerprint density at radius 2 is 1.05 bits per heavy atom. The molecule has 0 bridgehead atoms. The summed E-state index contributed by atoms with van der Waals surface area (Å²) < 4.78 is 50.5. The first kappa shape index (κ1) is 59.9. The molecular formula is C55H62ClF2N11O14. The van der Waals surface area contributed by atoms with Crippen LogP contribution in [0, 0.1) is 31.9 Å². The molecule has 7 aromatic rings. The van der Waals surface area contributed by atoms with Crippen LogP contribution >= 0.6 is 11.6 Å². The number of rotatable bonds is 11. The van der Waals surface area contributed by atoms with E-state index in [1.807, 2.05) is 28.0 Å². The Bertz CT molecular complexity index is 3400. The second kappa shape index (κ2) is 27.6. The van der Waals surface area contributed by atoms with Crippen molar-refractivity contribution in [2.75, 3.05) is 107 Å². The number of furan rings is 2. The molecule has 5 aliphatic heterocycles. The molecule has 5 fully saturated rings. The third-order valence-corrected chi connectivity index (χ3v) is 14.2. The molecule has 4 aromatic heterocycles. The van der Waals surface area contributed by atoms with E-state index in [0.29, 0.717) is 118 Å². The second-order valence-electron chi connectivity index (χ2n) is 19.8. The minimum absolute atomic E-state index is 0. The molecule has 5 saturated heterocycles. The summed E-state index contributed by atoms with van der Waals surface area (Å²) >= 11 is 6.29. The average molecular weight is 1170 g/mol. The number of β-amino-alcohol motifs (C(OH)–C–C–N with tert-alkyl or cyclic N) is 6. The maximum absolute atomic E-state index is 15.1. The van der Waals surface area contributed by atoms with Gasteiger partial charge in [0.25, 0.3) is 0 Å². The van der Waals surface area contributed by atoms with Gasteiger partial charge in [-0.3, -0.25) is 25.1 Å². The number of nitro groups is 2. The summed E-state index contributed by atoms with van der Waals surface area (Å²) in [6.07, 6.45) is 1.81. The summed E-state index contributed by atoms with van der Waals surface area (Å²) in [5.41, 5.74) is 2.77. The van der Waals surface area contributed by atoms with Gasteiger partial charge in [-0.25, -0.2) is 28.7 Å². The van der Waals surface area contributed by atoms with Gasteiger partial charge >= 0.3 is 11.8 Å². The summed E-state index contributed by atoms with van der Waals surface area (Å²) in [7, 11) is 0. The van der Waals surface area contributed by atoms with E-state index < -0.39 is 64.0 Å². The number of anilines is 3. The molecule has 0 aliphatic carbocycles. The largest absolute Gasteiger partial charge is 0.433 e. The van der Waals surface area contributed by atoms with Crippen molar-refractivity contribution in [3.8, 4) is 0 Å². The summed E-state index contributed by atoms with van der Waals surface area (Å²) in [5, 5.41) is 81.8. The van der Waals surface area contributed by atoms with E-state index >= 15 is 4.39 Å². The smallest absolute Gasteiger partial charge is 0.401 e. The number of ether oxygens (including phenoxy) is 2. The van der Waals surface area contributed by atoms with Crippen molar-refractivity contribution >= 4 is 86.7 Å². The SMILES string of the molecule is O=[N+]([O-])c1ccc(/C=C/c2nc(Cl)c3cc(N4CCOCC4)c(F)cc3n2)o1.O=[N+]([O-])c1ccc(/C=C/c2nc(N3C[C@H](O)[C@@H](O)C3)c3cc(N4CCOCC4)c(F)cc3n2)o1.O[C@H]1CN(Cc2ccccc2)C[C@@H]1O.O[C@H]1CNC[C@@H]1O.[HH]. The number of halogens is 3. The molecule has 0 unspecified atom stereocenters. The number of fused-ring (bicyclic) bond motifs is 2. The molecule has 7 N–H and O–H groups in total. The first-order valence-electron chi connectivity index (χ1n) is 26.4. The molecular weight excluding hydrogens is 1110 g/mol. The molecule has 0 spiro atoms. The van der Waals surface area contributed by atoms with Crippen molar-refractivity contribution < 1.29 is 69.0 Å². The Hall–Kier alpha value is -7.67. The maximum Gasteiger partial charge on any atom is 0.433 e. The lowest BCUT2D eigenvalue weighted by Gasteiger charge is -2.29. The molecule has 12 rings (SSSR count). The van der Waals surface area contributed by atoms with Crippen LogP contribution in [0.5, 0.6) is 0 Å². The van der Waals surface area contributed by atoms with E-state index in [4.69, 9.17) is 40.1 Å². The first-order chi connectivity index (χ1) is 40.0. The highest BCUT2D eigenvalue weighted by atomic mass is 35.5. The zero-order valence-corrected chi connectivity index (χ0v) is 45.2. The molecule has 9 heterocycles. The Morgan fingerprint density at radius 3 is 1.51 bits per heavy atom. The van der Waals surface area contributed by atoms with E-state index in [-0.39, 0.29) is 48.7 Å². The summed E-state index contributed by atoms with van der Waals surface area (Å²) in [6, 6.07) is 21.4. The number of aromatic nitrogens is 4. The van der Waals surface area contributed by atoms with Gasteiger partial charge in [-0.1, -0.05) is 41.9 Å². The fourth-order valence-corrected chi connectivity index (χ4v) is 9.76. The third-order valence-electron chi connectivity index (χ3n) is 13.9. The van der Waals surface area contributed by atoms with E-state index in [9.17, 15) is 45.0 Å². The minimum atomic E-state index is -0.938. The van der Waals surface area contributed by atoms with Crippen LogP contribution in [-0.2, 0) is 16.0 Å². The van der Waals surface area contributed by atoms with Crippen LogP contribution in [0.2, 0.25) is 5.15 Å². The van der Waals surface area contributed by atoms with Gasteiger partial charge in [0.2, 0.25) is 0 Å². The predicted octanol–water partition coefficient (Wildman–Crippen LogP) is 4.53. The van der Waals surface area contributed by atoms with Gasteiger partial charge in [0, 0.05) is 96.3 Å². The monoisotopic (exact) mass is 1170 g/mol. The summed E-state index contributed by atoms with van der Waals surface area (Å²) in [5.74, 6) is -0.199. The van der Waals surface area contributed by atoms with Crippen molar-refractivity contribution in [1.29, 1.82) is 0 Å². The summed E-state index contributed by atoms with van der Waals surface area (Å²) in [4.78, 5) is 45.3. The van der Waals surface area contributed by atoms with Crippen LogP contribution in [0.4, 0.5) is 37.7 Å². The predicted molar refractivity (Wildman–Crippen MR) is 304 cm³/mol. The quantitative estimate of drug-likeness (QED) is 0.0531. The Morgan fingerprint density at radius 1 is 0.590 bits per heavy atom. The molecule has 25 nitrogen and oxygen atoms in total. The fourth-order valence-electron chi connectivity index (χ4n) is 9.53. The number of nitrogens with zero attached hydrogens (tertiary/aromatic N) is 10. The van der Waals surface area contributed by atoms with Gasteiger partial charge in [0.1, 0.15) is 44.0 Å². The van der Waals surface area contributed by atoms with Gasteiger partial charge in [-0.15, -0.1) is 0 Å². The standard InChI is InChI=1S/C22H22FN5O6.C18H14ClFN4O4.C11H15NO2.C4H9NO2.H2/c23-15-10-16-14(9-17(15)26-5-7-33-8-6-26)22(27-11-18(29)19(30)12-27)25-20(24-16)3-1-13-2-4-21(34-13)28(31)32;19-18-12-9-15(23-5-7-27-8-6-23)13(20)10-14(12)21-16(22-18)3-1-11-2-4-17(28-11)24(25)26;13-10-7-12(8-11(10)14)6-9-4-2-1-3-5-9;6-3-1-5-2-4(3)7;/h1-4,9-10,18-19,29-30H,5-8,11-12H2;1-4,9-10H,5-8H2;1-5,10-11,13-14H,6-8H2;3-7H,1-2H2;1H/b2*3-1+;;;/t18-,19-;;10-,11-;3-,4-;/m0.00./s1. The molecule has 0 saturated carbocycles. The minimum Gasteiger partial charge on any atom is -0.401 e. The number of likely N-dealkylation sites (tertiary alicyclic amines) is 1. The number of benzene rings is 3. The van der Waals surface area contributed by atoms with E-state index in [1.54, 1.807) is 17.0 Å². The van der Waals surface area contributed by atoms with Crippen LogP contribution in [-0.4, -0.2) is 194 Å². The maximum atomic E-state index is 15.1. The van der Waals surface area contributed by atoms with Crippen LogP contribution in [0.1, 0.15) is 30.2 Å². The van der Waals surface area contributed by atoms with Crippen LogP contribution < -0.4 is 20.0 Å². The Kier molecular flexibility index (Phi) is 19.9. The summed E-state index contributed by atoms with van der Waals surface area (Å²) in [6.45, 7) is 7.67. The number of hydrogen-bond donors (Lipinski definition) is 7. The van der Waals surface area contributed by atoms with Gasteiger partial charge in [-0.05, 0) is 54.1 Å². The van der Waals surface area contributed by atoms with Crippen molar-refractivity contribution in [3.05, 3.63) is 145 Å². The molecule has 0 amide bonds. The number of nitrogens with one attached hydrogen (secondary N) is 1. The van der Waals surface area contributed by atoms with Gasteiger partial charge in [0.05, 0.1) is 97.6 Å². The van der Waals surface area contributed by atoms with Crippen molar-refractivity contribution in [3.63, 3.8) is 0 Å². The average Bonchev–Trinajstić information content (AvgIpc) is 4.31. The highest BCUT2D eigenvalue weighted by molar-refractivity contribution is 6.34. The van der Waals surface area contributed by atoms with E-state index in [1.165, 1.54) is 66.3 Å². The van der Waals surface area contributed by atoms with Crippen molar-refractivity contribution in [2.45, 2.75) is 43.2 Å². The van der Waals surface area contributed by atoms with E-state index in [2.05, 4.69) is 42.3 Å². The van der Waals surface area contributed by atoms with Crippen LogP contribution in [0.15, 0.2) is 87.7 Å². The zero-order chi connectivity index (χ0) is 58.7. The number of aliphatic hydroxyl groups excluding tert-OH is 6. The lowest BCUT2D eigenvalue weighted by molar-refractivity contribution is -0.402. The highest BCUT2D eigenvalue weighted by Crippen LogP contribution is 2.34. The molecule has 28 heteroatoms. The number of morpholine rings is 2. The first-order valence-corrected chi connectivity index (χ1v) is 26.8. The lowest BCUT2D eigenvalue weighted by atomic mass is 10.1. The number of hydrogen-bond acceptors (Lipinski definition) is 23. The molecule has 6 atom stereocenters. The molecule has 83 heavy (non-hydrogen) atoms. The topological polar surface area (TPSA) is 329 Å². The van der Waals surface area contributed by atoms with Gasteiger partial charge in [-0.2, -0.15) is 0 Å². The number of aliphatic hydroxyl groups is 6. The van der Waals surface area contributed by atoms with Crippen molar-refractivity contribution in [1.82, 2.24) is 30.2 Å². The lowest BCUT2D eigenvalue weighted by Crippen LogP contribution is -2.36. The Labute approximate surface area is 478 Å². The Balaban J connectivity index is 0.000000164. The molecule has 5 aliphatic rings. The highest BCUT2D eigenvalue weighted by Gasteiger charge is 2.33. The zero-order valence-electron chi connectivity index (χ0n) is 44.4. The second-order valence-corrected chi connectivity index (χ2v) is 20.2. The molecule has 442 valence electrons. The molecule has 3 aromatic carbocycles. The molecule has 0 radical (unpaired) electrons.